The summed E-state index contributed by atoms with van der Waals surface area (Å²) in [4.78, 5) is 47.7. The van der Waals surface area contributed by atoms with Crippen molar-refractivity contribution in [2.24, 2.45) is 11.7 Å². The summed E-state index contributed by atoms with van der Waals surface area (Å²) < 4.78 is 0. The normalized spacial score (nSPS) is 13.8. The van der Waals surface area contributed by atoms with Gasteiger partial charge in [0.05, 0.1) is 13.2 Å². The van der Waals surface area contributed by atoms with Gasteiger partial charge in [0.1, 0.15) is 23.9 Å². The Hall–Kier alpha value is -3.18. The van der Waals surface area contributed by atoms with Crippen LogP contribution < -0.4 is 21.7 Å². The van der Waals surface area contributed by atoms with Crippen molar-refractivity contribution in [1.82, 2.24) is 16.0 Å². The molecule has 0 fully saturated rings. The number of aliphatic carboxylic acids is 1. The van der Waals surface area contributed by atoms with Crippen molar-refractivity contribution in [3.05, 3.63) is 29.8 Å². The molecule has 0 aliphatic heterocycles. The van der Waals surface area contributed by atoms with Crippen LogP contribution in [-0.2, 0) is 25.6 Å². The average Bonchev–Trinajstić information content (AvgIpc) is 2.70. The van der Waals surface area contributed by atoms with Crippen LogP contribution in [0.3, 0.4) is 0 Å². The number of carboxylic acid groups (broad SMARTS) is 1. The number of carbonyl (C=O) groups is 4. The molecule has 3 amide bonds. The largest absolute Gasteiger partial charge is 0.508 e. The van der Waals surface area contributed by atoms with E-state index in [1.807, 2.05) is 0 Å². The molecule has 11 nitrogen and oxygen atoms in total. The summed E-state index contributed by atoms with van der Waals surface area (Å²) in [6.45, 7) is 2.27. The topological polar surface area (TPSA) is 191 Å². The molecule has 0 heterocycles. The number of hydrogen-bond acceptors (Lipinski definition) is 7. The molecule has 0 aliphatic rings. The number of aromatic hydroxyl groups is 1. The number of hydrogen-bond donors (Lipinski definition) is 7. The first kappa shape index (κ1) is 24.9. The summed E-state index contributed by atoms with van der Waals surface area (Å²) in [7, 11) is 0. The van der Waals surface area contributed by atoms with Crippen LogP contribution in [0.2, 0.25) is 0 Å². The second kappa shape index (κ2) is 11.7. The summed E-state index contributed by atoms with van der Waals surface area (Å²) in [5.74, 6) is -3.64. The molecule has 30 heavy (non-hydrogen) atoms. The van der Waals surface area contributed by atoms with Gasteiger partial charge in [-0.3, -0.25) is 14.4 Å². The molecular weight excluding hydrogens is 396 g/mol. The van der Waals surface area contributed by atoms with E-state index >= 15 is 0 Å². The molecule has 0 saturated carbocycles. The van der Waals surface area contributed by atoms with E-state index in [0.29, 0.717) is 5.56 Å². The first-order chi connectivity index (χ1) is 14.0. The Morgan fingerprint density at radius 1 is 1.03 bits per heavy atom. The van der Waals surface area contributed by atoms with Crippen LogP contribution in [0.15, 0.2) is 24.3 Å². The fourth-order valence-corrected chi connectivity index (χ4v) is 2.47. The van der Waals surface area contributed by atoms with Gasteiger partial charge in [-0.25, -0.2) is 4.79 Å². The second-order valence-corrected chi connectivity index (χ2v) is 7.07. The van der Waals surface area contributed by atoms with Gasteiger partial charge in [-0.1, -0.05) is 26.0 Å². The van der Waals surface area contributed by atoms with Crippen molar-refractivity contribution in [2.45, 2.75) is 38.4 Å². The summed E-state index contributed by atoms with van der Waals surface area (Å²) in [6.07, 6.45) is -0.0149. The van der Waals surface area contributed by atoms with E-state index in [2.05, 4.69) is 16.0 Å². The minimum absolute atomic E-state index is 0.0149. The molecule has 8 N–H and O–H groups in total. The fourth-order valence-electron chi connectivity index (χ4n) is 2.47. The first-order valence-corrected chi connectivity index (χ1v) is 9.29. The maximum Gasteiger partial charge on any atom is 0.326 e. The Bertz CT molecular complexity index is 752. The molecule has 3 unspecified atom stereocenters. The van der Waals surface area contributed by atoms with Crippen molar-refractivity contribution in [3.8, 4) is 5.75 Å². The number of aliphatic hydroxyl groups excluding tert-OH is 1. The van der Waals surface area contributed by atoms with Crippen molar-refractivity contribution in [3.63, 3.8) is 0 Å². The smallest absolute Gasteiger partial charge is 0.326 e. The molecule has 1 aromatic rings. The van der Waals surface area contributed by atoms with E-state index in [0.717, 1.165) is 0 Å². The molecule has 0 radical (unpaired) electrons. The SMILES string of the molecule is CC(C)C(NC(=O)C(N)CO)C(=O)NCC(=O)NC(Cc1ccc(O)cc1)C(=O)O. The first-order valence-electron chi connectivity index (χ1n) is 9.29. The Morgan fingerprint density at radius 3 is 2.13 bits per heavy atom. The summed E-state index contributed by atoms with van der Waals surface area (Å²) >= 11 is 0. The van der Waals surface area contributed by atoms with Gasteiger partial charge in [0.15, 0.2) is 0 Å². The molecule has 0 bridgehead atoms. The number of rotatable bonds is 11. The highest BCUT2D eigenvalue weighted by molar-refractivity contribution is 5.92. The molecule has 0 aromatic heterocycles. The van der Waals surface area contributed by atoms with Crippen LogP contribution in [0, 0.1) is 5.92 Å². The Balaban J connectivity index is 2.64. The highest BCUT2D eigenvalue weighted by Gasteiger charge is 2.27. The lowest BCUT2D eigenvalue weighted by atomic mass is 10.0. The van der Waals surface area contributed by atoms with Crippen LogP contribution in [0.5, 0.6) is 5.75 Å². The molecular formula is C19H28N4O7. The highest BCUT2D eigenvalue weighted by atomic mass is 16.4. The van der Waals surface area contributed by atoms with Gasteiger partial charge >= 0.3 is 5.97 Å². The number of nitrogens with two attached hydrogens (primary N) is 1. The molecule has 0 saturated heterocycles. The van der Waals surface area contributed by atoms with Gasteiger partial charge < -0.3 is 37.0 Å². The lowest BCUT2D eigenvalue weighted by Gasteiger charge is -2.23. The van der Waals surface area contributed by atoms with Crippen molar-refractivity contribution >= 4 is 23.7 Å². The number of amides is 3. The lowest BCUT2D eigenvalue weighted by molar-refractivity contribution is -0.141. The Morgan fingerprint density at radius 2 is 1.63 bits per heavy atom. The zero-order valence-corrected chi connectivity index (χ0v) is 16.8. The third-order valence-electron chi connectivity index (χ3n) is 4.21. The predicted octanol–water partition coefficient (Wildman–Crippen LogP) is -1.92. The van der Waals surface area contributed by atoms with E-state index < -0.39 is 55.0 Å². The predicted molar refractivity (Wildman–Crippen MR) is 106 cm³/mol. The minimum Gasteiger partial charge on any atom is -0.508 e. The number of benzene rings is 1. The summed E-state index contributed by atoms with van der Waals surface area (Å²) in [6, 6.07) is 2.47. The number of aliphatic hydroxyl groups is 1. The molecule has 11 heteroatoms. The van der Waals surface area contributed by atoms with E-state index in [1.165, 1.54) is 24.3 Å². The van der Waals surface area contributed by atoms with Gasteiger partial charge in [-0.15, -0.1) is 0 Å². The lowest BCUT2D eigenvalue weighted by Crippen LogP contribution is -2.56. The Labute approximate surface area is 173 Å². The standard InChI is InChI=1S/C19H28N4O7/c1-10(2)16(23-17(27)13(20)9-24)18(28)21-8-15(26)22-14(19(29)30)7-11-3-5-12(25)6-4-11/h3-6,10,13-14,16,24-25H,7-9,20H2,1-2H3,(H,21,28)(H,22,26)(H,23,27)(H,29,30). The van der Waals surface area contributed by atoms with Crippen molar-refractivity contribution in [1.29, 1.82) is 0 Å². The number of phenolic OH excluding ortho intramolecular Hbond substituents is 1. The molecule has 3 atom stereocenters. The molecule has 166 valence electrons. The Kier molecular flexibility index (Phi) is 9.72. The third-order valence-corrected chi connectivity index (χ3v) is 4.21. The monoisotopic (exact) mass is 424 g/mol. The van der Waals surface area contributed by atoms with Crippen molar-refractivity contribution < 1.29 is 34.5 Å². The van der Waals surface area contributed by atoms with Crippen LogP contribution in [-0.4, -0.2) is 70.3 Å². The van der Waals surface area contributed by atoms with Gasteiger partial charge in [-0.2, -0.15) is 0 Å². The average molecular weight is 424 g/mol. The van der Waals surface area contributed by atoms with Crippen molar-refractivity contribution in [2.75, 3.05) is 13.2 Å². The molecule has 1 rings (SSSR count). The van der Waals surface area contributed by atoms with E-state index in [1.54, 1.807) is 13.8 Å². The zero-order valence-electron chi connectivity index (χ0n) is 16.8. The molecule has 0 spiro atoms. The van der Waals surface area contributed by atoms with E-state index in [4.69, 9.17) is 10.8 Å². The number of phenols is 1. The second-order valence-electron chi connectivity index (χ2n) is 7.07. The zero-order chi connectivity index (χ0) is 22.8. The van der Waals surface area contributed by atoms with Gasteiger partial charge in [-0.05, 0) is 23.6 Å². The van der Waals surface area contributed by atoms with Gasteiger partial charge in [0, 0.05) is 6.42 Å². The van der Waals surface area contributed by atoms with Crippen LogP contribution in [0.25, 0.3) is 0 Å². The van der Waals surface area contributed by atoms with Crippen LogP contribution >= 0.6 is 0 Å². The minimum atomic E-state index is -1.26. The summed E-state index contributed by atoms with van der Waals surface area (Å²) in [5, 5.41) is 34.6. The number of nitrogens with one attached hydrogen (secondary N) is 3. The third kappa shape index (κ3) is 8.05. The molecule has 0 aliphatic carbocycles. The van der Waals surface area contributed by atoms with Crippen LogP contribution in [0.4, 0.5) is 0 Å². The number of carbonyl (C=O) groups excluding carboxylic acids is 3. The van der Waals surface area contributed by atoms with E-state index in [9.17, 15) is 29.4 Å². The summed E-state index contributed by atoms with van der Waals surface area (Å²) in [5.41, 5.74) is 6.00. The maximum absolute atomic E-state index is 12.3. The fraction of sp³-hybridized carbons (Fsp3) is 0.474. The molecule has 1 aromatic carbocycles. The van der Waals surface area contributed by atoms with Gasteiger partial charge in [0.25, 0.3) is 0 Å². The van der Waals surface area contributed by atoms with Gasteiger partial charge in [0.2, 0.25) is 17.7 Å². The maximum atomic E-state index is 12.3. The van der Waals surface area contributed by atoms with Crippen LogP contribution in [0.1, 0.15) is 19.4 Å². The highest BCUT2D eigenvalue weighted by Crippen LogP contribution is 2.11. The van der Waals surface area contributed by atoms with E-state index in [-0.39, 0.29) is 18.1 Å². The number of carboxylic acids is 1. The quantitative estimate of drug-likeness (QED) is 0.214.